The van der Waals surface area contributed by atoms with Crippen LogP contribution >= 0.6 is 0 Å². The Kier molecular flexibility index (Phi) is 6.94. The molecule has 6 rings (SSSR count). The summed E-state index contributed by atoms with van der Waals surface area (Å²) in [4.78, 5) is 9.63. The van der Waals surface area contributed by atoms with E-state index in [1.807, 2.05) is 24.3 Å². The highest BCUT2D eigenvalue weighted by Crippen LogP contribution is 2.55. The molecule has 5 heteroatoms. The number of likely N-dealkylation sites (tertiary alicyclic amines) is 1. The maximum atomic E-state index is 10.5. The normalized spacial score (nSPS) is 25.3. The first-order chi connectivity index (χ1) is 19.1. The molecule has 0 bridgehead atoms. The van der Waals surface area contributed by atoms with Crippen molar-refractivity contribution in [2.75, 3.05) is 18.2 Å². The largest absolute Gasteiger partial charge is 0.411 e. The second-order valence-electron chi connectivity index (χ2n) is 10.7. The molecule has 4 atom stereocenters. The van der Waals surface area contributed by atoms with Crippen molar-refractivity contribution in [2.24, 2.45) is 5.16 Å². The number of benzene rings is 4. The van der Waals surface area contributed by atoms with E-state index in [0.717, 1.165) is 17.8 Å². The smallest absolute Gasteiger partial charge is 0.159 e. The minimum absolute atomic E-state index is 0.114. The SMILES string of the molecule is Cc1ccc([C@H]2[C@@H](c3ccccc3)N(c3ccccc3)O[C@@]23CN([C@H](C)c2ccccc2)CC/C3=N\O)cc1. The highest BCUT2D eigenvalue weighted by atomic mass is 16.7. The zero-order valence-electron chi connectivity index (χ0n) is 22.5. The third-order valence-electron chi connectivity index (χ3n) is 8.43. The van der Waals surface area contributed by atoms with Crippen LogP contribution < -0.4 is 5.06 Å². The number of anilines is 1. The number of hydroxylamine groups is 1. The maximum absolute atomic E-state index is 10.5. The van der Waals surface area contributed by atoms with Crippen LogP contribution in [0.4, 0.5) is 5.69 Å². The van der Waals surface area contributed by atoms with E-state index in [-0.39, 0.29) is 18.0 Å². The van der Waals surface area contributed by atoms with Gasteiger partial charge in [0.25, 0.3) is 0 Å². The molecule has 0 aromatic heterocycles. The van der Waals surface area contributed by atoms with Gasteiger partial charge in [-0.2, -0.15) is 0 Å². The molecule has 1 spiro atoms. The summed E-state index contributed by atoms with van der Waals surface area (Å²) in [6, 6.07) is 40.3. The molecule has 5 nitrogen and oxygen atoms in total. The summed E-state index contributed by atoms with van der Waals surface area (Å²) in [7, 11) is 0. The molecule has 2 heterocycles. The minimum atomic E-state index is -0.859. The van der Waals surface area contributed by atoms with Crippen molar-refractivity contribution in [2.45, 2.75) is 43.9 Å². The lowest BCUT2D eigenvalue weighted by Crippen LogP contribution is -2.58. The van der Waals surface area contributed by atoms with Crippen LogP contribution in [0.1, 0.15) is 53.6 Å². The Labute approximate surface area is 230 Å². The first-order valence-electron chi connectivity index (χ1n) is 13.8. The van der Waals surface area contributed by atoms with Crippen molar-refractivity contribution in [3.8, 4) is 0 Å². The Morgan fingerprint density at radius 1 is 0.821 bits per heavy atom. The topological polar surface area (TPSA) is 48.3 Å². The Bertz CT molecular complexity index is 1410. The molecule has 2 saturated heterocycles. The lowest BCUT2D eigenvalue weighted by molar-refractivity contribution is -0.0174. The van der Waals surface area contributed by atoms with Gasteiger partial charge in [-0.3, -0.25) is 9.74 Å². The molecule has 2 aliphatic rings. The van der Waals surface area contributed by atoms with Gasteiger partial charge in [-0.05, 0) is 42.7 Å². The van der Waals surface area contributed by atoms with Crippen LogP contribution in [-0.2, 0) is 4.84 Å². The van der Waals surface area contributed by atoms with Gasteiger partial charge in [0.15, 0.2) is 5.60 Å². The van der Waals surface area contributed by atoms with Crippen molar-refractivity contribution in [1.29, 1.82) is 0 Å². The van der Waals surface area contributed by atoms with E-state index in [0.29, 0.717) is 18.7 Å². The molecule has 4 aromatic rings. The summed E-state index contributed by atoms with van der Waals surface area (Å²) < 4.78 is 0. The number of piperidine rings is 1. The summed E-state index contributed by atoms with van der Waals surface area (Å²) >= 11 is 0. The van der Waals surface area contributed by atoms with Crippen molar-refractivity contribution in [3.05, 3.63) is 138 Å². The molecule has 0 saturated carbocycles. The molecular weight excluding hydrogens is 482 g/mol. The first-order valence-corrected chi connectivity index (χ1v) is 13.8. The molecule has 39 heavy (non-hydrogen) atoms. The lowest BCUT2D eigenvalue weighted by Gasteiger charge is -2.45. The Balaban J connectivity index is 1.53. The lowest BCUT2D eigenvalue weighted by atomic mass is 9.71. The van der Waals surface area contributed by atoms with E-state index in [2.05, 4.69) is 120 Å². The van der Waals surface area contributed by atoms with Gasteiger partial charge in [0.1, 0.15) is 0 Å². The van der Waals surface area contributed by atoms with Crippen molar-refractivity contribution in [1.82, 2.24) is 4.90 Å². The number of para-hydroxylation sites is 1. The van der Waals surface area contributed by atoms with Crippen LogP contribution in [0.15, 0.2) is 120 Å². The first kappa shape index (κ1) is 25.4. The maximum Gasteiger partial charge on any atom is 0.159 e. The van der Waals surface area contributed by atoms with Crippen LogP contribution in [0.2, 0.25) is 0 Å². The fraction of sp³-hybridized carbons (Fsp3) is 0.265. The molecular formula is C34H35N3O2. The Hall–Kier alpha value is -3.93. The van der Waals surface area contributed by atoms with Gasteiger partial charge in [-0.25, -0.2) is 5.06 Å². The van der Waals surface area contributed by atoms with E-state index in [1.165, 1.54) is 16.7 Å². The zero-order chi connectivity index (χ0) is 26.8. The summed E-state index contributed by atoms with van der Waals surface area (Å²) in [5.74, 6) is -0.114. The summed E-state index contributed by atoms with van der Waals surface area (Å²) in [5.41, 5.74) is 5.62. The highest BCUT2D eigenvalue weighted by Gasteiger charge is 2.61. The van der Waals surface area contributed by atoms with Crippen LogP contribution in [-0.4, -0.2) is 34.5 Å². The van der Waals surface area contributed by atoms with Gasteiger partial charge in [0, 0.05) is 31.5 Å². The van der Waals surface area contributed by atoms with E-state index < -0.39 is 5.60 Å². The number of hydrogen-bond acceptors (Lipinski definition) is 5. The predicted octanol–water partition coefficient (Wildman–Crippen LogP) is 7.31. The van der Waals surface area contributed by atoms with Crippen LogP contribution in [0.25, 0.3) is 0 Å². The van der Waals surface area contributed by atoms with Crippen molar-refractivity contribution < 1.29 is 10.0 Å². The van der Waals surface area contributed by atoms with Crippen molar-refractivity contribution in [3.63, 3.8) is 0 Å². The average molecular weight is 518 g/mol. The third-order valence-corrected chi connectivity index (χ3v) is 8.43. The second kappa shape index (κ2) is 10.7. The number of oxime groups is 1. The number of nitrogens with zero attached hydrogens (tertiary/aromatic N) is 3. The number of hydrogen-bond donors (Lipinski definition) is 1. The van der Waals surface area contributed by atoms with Crippen LogP contribution in [0.5, 0.6) is 0 Å². The summed E-state index contributed by atoms with van der Waals surface area (Å²) in [6.45, 7) is 5.76. The molecule has 2 fully saturated rings. The Morgan fingerprint density at radius 2 is 1.44 bits per heavy atom. The van der Waals surface area contributed by atoms with E-state index in [1.54, 1.807) is 0 Å². The molecule has 1 N–H and O–H groups in total. The molecule has 198 valence electrons. The molecule has 0 radical (unpaired) electrons. The summed E-state index contributed by atoms with van der Waals surface area (Å²) in [5, 5.41) is 16.4. The highest BCUT2D eigenvalue weighted by molar-refractivity contribution is 5.95. The third kappa shape index (κ3) is 4.62. The van der Waals surface area contributed by atoms with Gasteiger partial charge < -0.3 is 5.21 Å². The predicted molar refractivity (Wildman–Crippen MR) is 156 cm³/mol. The van der Waals surface area contributed by atoms with Crippen LogP contribution in [0, 0.1) is 6.92 Å². The van der Waals surface area contributed by atoms with Crippen molar-refractivity contribution >= 4 is 11.4 Å². The van der Waals surface area contributed by atoms with Gasteiger partial charge >= 0.3 is 0 Å². The molecule has 0 unspecified atom stereocenters. The molecule has 0 amide bonds. The fourth-order valence-electron chi connectivity index (χ4n) is 6.37. The monoisotopic (exact) mass is 517 g/mol. The summed E-state index contributed by atoms with van der Waals surface area (Å²) in [6.07, 6.45) is 0.625. The second-order valence-corrected chi connectivity index (χ2v) is 10.7. The molecule has 2 aliphatic heterocycles. The zero-order valence-corrected chi connectivity index (χ0v) is 22.5. The quantitative estimate of drug-likeness (QED) is 0.223. The number of aryl methyl sites for hydroxylation is 1. The van der Waals surface area contributed by atoms with Gasteiger partial charge in [0.05, 0.1) is 17.4 Å². The van der Waals surface area contributed by atoms with Crippen LogP contribution in [0.3, 0.4) is 0 Å². The minimum Gasteiger partial charge on any atom is -0.411 e. The van der Waals surface area contributed by atoms with E-state index in [4.69, 9.17) is 4.84 Å². The standard InChI is InChI=1S/C34H35N3O2/c1-25-18-20-28(21-19-25)32-33(29-14-8-4-9-15-29)37(30-16-10-5-11-17-30)39-34(32)24-36(23-22-31(34)35-38)26(2)27-12-6-3-7-13-27/h3-21,26,32-33,38H,22-24H2,1-2H3/b35-31+/t26-,32+,33-,34-/m1/s1. The van der Waals surface area contributed by atoms with Gasteiger partial charge in [0.2, 0.25) is 0 Å². The molecule has 4 aromatic carbocycles. The Morgan fingerprint density at radius 3 is 2.08 bits per heavy atom. The fourth-order valence-corrected chi connectivity index (χ4v) is 6.37. The molecule has 0 aliphatic carbocycles. The van der Waals surface area contributed by atoms with E-state index in [9.17, 15) is 5.21 Å². The van der Waals surface area contributed by atoms with E-state index >= 15 is 0 Å². The number of rotatable bonds is 5. The average Bonchev–Trinajstić information content (AvgIpc) is 3.33. The van der Waals surface area contributed by atoms with Gasteiger partial charge in [-0.15, -0.1) is 0 Å². The van der Waals surface area contributed by atoms with Gasteiger partial charge in [-0.1, -0.05) is 114 Å².